The third-order valence-electron chi connectivity index (χ3n) is 4.53. The van der Waals surface area contributed by atoms with E-state index in [4.69, 9.17) is 0 Å². The maximum atomic E-state index is 12.7. The summed E-state index contributed by atoms with van der Waals surface area (Å²) in [5.74, 6) is 0.984. The standard InChI is InChI=1S/C19H22N8O/c1-25(2)17-15(12-20-19(23-17)26-10-6-7-11-26)22-18(28)16-13-21-27(24-16)14-8-4-3-5-9-14/h3-5,8-9,12-13H,6-7,10-11H2,1-2H3,(H,22,28). The van der Waals surface area contributed by atoms with E-state index >= 15 is 0 Å². The van der Waals surface area contributed by atoms with Crippen molar-refractivity contribution < 1.29 is 4.79 Å². The summed E-state index contributed by atoms with van der Waals surface area (Å²) >= 11 is 0. The van der Waals surface area contributed by atoms with E-state index in [0.29, 0.717) is 17.5 Å². The molecule has 0 radical (unpaired) electrons. The molecule has 1 N–H and O–H groups in total. The maximum Gasteiger partial charge on any atom is 0.278 e. The molecule has 0 unspecified atom stereocenters. The largest absolute Gasteiger partial charge is 0.361 e. The first-order valence-corrected chi connectivity index (χ1v) is 9.20. The van der Waals surface area contributed by atoms with Gasteiger partial charge in [-0.1, -0.05) is 18.2 Å². The number of para-hydroxylation sites is 1. The molecular weight excluding hydrogens is 356 g/mol. The smallest absolute Gasteiger partial charge is 0.278 e. The van der Waals surface area contributed by atoms with Crippen LogP contribution in [0.5, 0.6) is 0 Å². The highest BCUT2D eigenvalue weighted by Crippen LogP contribution is 2.25. The Morgan fingerprint density at radius 1 is 1.11 bits per heavy atom. The zero-order valence-corrected chi connectivity index (χ0v) is 15.9. The number of hydrogen-bond donors (Lipinski definition) is 1. The van der Waals surface area contributed by atoms with Gasteiger partial charge in [-0.15, -0.1) is 5.10 Å². The van der Waals surface area contributed by atoms with Gasteiger partial charge in [0, 0.05) is 27.2 Å². The van der Waals surface area contributed by atoms with Crippen LogP contribution in [0.4, 0.5) is 17.5 Å². The number of nitrogens with one attached hydrogen (secondary N) is 1. The molecule has 0 bridgehead atoms. The van der Waals surface area contributed by atoms with Crippen molar-refractivity contribution in [2.75, 3.05) is 42.3 Å². The van der Waals surface area contributed by atoms with E-state index in [1.807, 2.05) is 49.3 Å². The summed E-state index contributed by atoms with van der Waals surface area (Å²) in [6.07, 6.45) is 5.39. The lowest BCUT2D eigenvalue weighted by Crippen LogP contribution is -2.24. The van der Waals surface area contributed by atoms with Crippen molar-refractivity contribution in [3.8, 4) is 5.69 Å². The van der Waals surface area contributed by atoms with Gasteiger partial charge in [-0.25, -0.2) is 4.98 Å². The van der Waals surface area contributed by atoms with Gasteiger partial charge in [-0.2, -0.15) is 14.9 Å². The normalized spacial score (nSPS) is 13.6. The Kier molecular flexibility index (Phi) is 4.88. The lowest BCUT2D eigenvalue weighted by Gasteiger charge is -2.20. The van der Waals surface area contributed by atoms with Gasteiger partial charge < -0.3 is 15.1 Å². The quantitative estimate of drug-likeness (QED) is 0.726. The van der Waals surface area contributed by atoms with Gasteiger partial charge in [0.05, 0.1) is 18.1 Å². The molecular formula is C19H22N8O. The lowest BCUT2D eigenvalue weighted by atomic mass is 10.3. The highest BCUT2D eigenvalue weighted by molar-refractivity contribution is 6.04. The Hall–Kier alpha value is -3.49. The lowest BCUT2D eigenvalue weighted by molar-refractivity contribution is 0.102. The van der Waals surface area contributed by atoms with Gasteiger partial charge in [0.25, 0.3) is 5.91 Å². The minimum atomic E-state index is -0.359. The molecule has 1 saturated heterocycles. The Morgan fingerprint density at radius 2 is 1.86 bits per heavy atom. The van der Waals surface area contributed by atoms with E-state index in [9.17, 15) is 4.79 Å². The fourth-order valence-corrected chi connectivity index (χ4v) is 3.10. The van der Waals surface area contributed by atoms with Crippen molar-refractivity contribution in [2.24, 2.45) is 0 Å². The molecule has 1 amide bonds. The molecule has 4 rings (SSSR count). The molecule has 2 aromatic heterocycles. The topological polar surface area (TPSA) is 92.1 Å². The highest BCUT2D eigenvalue weighted by atomic mass is 16.2. The van der Waals surface area contributed by atoms with Gasteiger partial charge >= 0.3 is 0 Å². The van der Waals surface area contributed by atoms with Crippen LogP contribution < -0.4 is 15.1 Å². The number of rotatable bonds is 5. The molecule has 0 spiro atoms. The van der Waals surface area contributed by atoms with Crippen molar-refractivity contribution in [3.05, 3.63) is 48.4 Å². The van der Waals surface area contributed by atoms with Crippen molar-refractivity contribution in [2.45, 2.75) is 12.8 Å². The Bertz CT molecular complexity index is 963. The minimum Gasteiger partial charge on any atom is -0.361 e. The fourth-order valence-electron chi connectivity index (χ4n) is 3.10. The SMILES string of the molecule is CN(C)c1nc(N2CCCC2)ncc1NC(=O)c1cnn(-c2ccccc2)n1. The number of anilines is 3. The van der Waals surface area contributed by atoms with Crippen molar-refractivity contribution in [1.29, 1.82) is 0 Å². The zero-order valence-electron chi connectivity index (χ0n) is 15.9. The van der Waals surface area contributed by atoms with Crippen LogP contribution in [-0.2, 0) is 0 Å². The van der Waals surface area contributed by atoms with E-state index in [1.165, 1.54) is 11.0 Å². The number of nitrogens with zero attached hydrogens (tertiary/aromatic N) is 7. The summed E-state index contributed by atoms with van der Waals surface area (Å²) in [5.41, 5.74) is 1.54. The van der Waals surface area contributed by atoms with Gasteiger partial charge in [-0.3, -0.25) is 4.79 Å². The van der Waals surface area contributed by atoms with Crippen LogP contribution in [0.1, 0.15) is 23.3 Å². The predicted molar refractivity (Wildman–Crippen MR) is 107 cm³/mol. The third kappa shape index (κ3) is 3.64. The average molecular weight is 378 g/mol. The first-order valence-electron chi connectivity index (χ1n) is 9.20. The van der Waals surface area contributed by atoms with Gasteiger partial charge in [0.2, 0.25) is 5.95 Å². The van der Waals surface area contributed by atoms with E-state index in [0.717, 1.165) is 31.6 Å². The van der Waals surface area contributed by atoms with Crippen LogP contribution in [0.25, 0.3) is 5.69 Å². The second kappa shape index (κ2) is 7.63. The number of amides is 1. The van der Waals surface area contributed by atoms with Crippen LogP contribution in [0.15, 0.2) is 42.7 Å². The van der Waals surface area contributed by atoms with Gasteiger partial charge in [0.1, 0.15) is 5.69 Å². The minimum absolute atomic E-state index is 0.220. The number of carbonyl (C=O) groups excluding carboxylic acids is 1. The van der Waals surface area contributed by atoms with E-state index in [2.05, 4.69) is 30.4 Å². The molecule has 9 heteroatoms. The molecule has 1 aliphatic heterocycles. The molecule has 3 heterocycles. The molecule has 0 saturated carbocycles. The zero-order chi connectivity index (χ0) is 19.5. The van der Waals surface area contributed by atoms with Crippen LogP contribution in [-0.4, -0.2) is 58.1 Å². The third-order valence-corrected chi connectivity index (χ3v) is 4.53. The van der Waals surface area contributed by atoms with Gasteiger partial charge in [0.15, 0.2) is 11.5 Å². The second-order valence-corrected chi connectivity index (χ2v) is 6.80. The first-order chi connectivity index (χ1) is 13.6. The Labute approximate surface area is 163 Å². The molecule has 144 valence electrons. The first kappa shape index (κ1) is 17.9. The van der Waals surface area contributed by atoms with Crippen LogP contribution in [0, 0.1) is 0 Å². The predicted octanol–water partition coefficient (Wildman–Crippen LogP) is 1.98. The molecule has 9 nitrogen and oxygen atoms in total. The van der Waals surface area contributed by atoms with Crippen molar-refractivity contribution in [1.82, 2.24) is 25.0 Å². The van der Waals surface area contributed by atoms with Crippen LogP contribution in [0.2, 0.25) is 0 Å². The summed E-state index contributed by atoms with van der Waals surface area (Å²) < 4.78 is 0. The fraction of sp³-hybridized carbons (Fsp3) is 0.316. The summed E-state index contributed by atoms with van der Waals surface area (Å²) in [4.78, 5) is 27.2. The molecule has 0 atom stereocenters. The van der Waals surface area contributed by atoms with Crippen molar-refractivity contribution >= 4 is 23.4 Å². The molecule has 28 heavy (non-hydrogen) atoms. The number of hydrogen-bond acceptors (Lipinski definition) is 7. The van der Waals surface area contributed by atoms with E-state index in [-0.39, 0.29) is 11.6 Å². The van der Waals surface area contributed by atoms with Crippen molar-refractivity contribution in [3.63, 3.8) is 0 Å². The monoisotopic (exact) mass is 378 g/mol. The number of carbonyl (C=O) groups is 1. The summed E-state index contributed by atoms with van der Waals surface area (Å²) in [6, 6.07) is 9.44. The molecule has 3 aromatic rings. The average Bonchev–Trinajstić information content (AvgIpc) is 3.41. The summed E-state index contributed by atoms with van der Waals surface area (Å²) in [5, 5.41) is 11.3. The number of aromatic nitrogens is 5. The summed E-state index contributed by atoms with van der Waals surface area (Å²) in [7, 11) is 3.77. The second-order valence-electron chi connectivity index (χ2n) is 6.80. The Balaban J connectivity index is 1.55. The van der Waals surface area contributed by atoms with E-state index < -0.39 is 0 Å². The van der Waals surface area contributed by atoms with Gasteiger partial charge in [-0.05, 0) is 25.0 Å². The maximum absolute atomic E-state index is 12.7. The van der Waals surface area contributed by atoms with E-state index in [1.54, 1.807) is 6.20 Å². The Morgan fingerprint density at radius 3 is 2.57 bits per heavy atom. The van der Waals surface area contributed by atoms with Crippen LogP contribution >= 0.6 is 0 Å². The molecule has 1 aliphatic rings. The molecule has 1 fully saturated rings. The highest BCUT2D eigenvalue weighted by Gasteiger charge is 2.20. The van der Waals surface area contributed by atoms with Crippen LogP contribution in [0.3, 0.4) is 0 Å². The molecule has 1 aromatic carbocycles. The number of benzene rings is 1. The molecule has 0 aliphatic carbocycles. The summed E-state index contributed by atoms with van der Waals surface area (Å²) in [6.45, 7) is 1.92.